The van der Waals surface area contributed by atoms with E-state index in [1.54, 1.807) is 26.0 Å². The Bertz CT molecular complexity index is 458. The van der Waals surface area contributed by atoms with Crippen LogP contribution in [0.1, 0.15) is 25.0 Å². The van der Waals surface area contributed by atoms with Gasteiger partial charge in [0, 0.05) is 11.1 Å². The van der Waals surface area contributed by atoms with Crippen LogP contribution in [0.3, 0.4) is 0 Å². The molecule has 1 amide bonds. The molecular weight excluding hydrogens is 254 g/mol. The number of hydrogen-bond donors (Lipinski definition) is 1. The fraction of sp³-hybridized carbons (Fsp3) is 0.385. The highest BCUT2D eigenvalue weighted by molar-refractivity contribution is 6.30. The van der Waals surface area contributed by atoms with Gasteiger partial charge in [0.05, 0.1) is 6.42 Å². The summed E-state index contributed by atoms with van der Waals surface area (Å²) in [5.41, 5.74) is 1.69. The van der Waals surface area contributed by atoms with Gasteiger partial charge in [-0.15, -0.1) is 0 Å². The van der Waals surface area contributed by atoms with E-state index in [2.05, 4.69) is 10.1 Å². The fourth-order valence-corrected chi connectivity index (χ4v) is 1.59. The zero-order valence-corrected chi connectivity index (χ0v) is 11.4. The van der Waals surface area contributed by atoms with Crippen LogP contribution in [0, 0.1) is 6.92 Å². The smallest absolute Gasteiger partial charge is 0.376 e. The van der Waals surface area contributed by atoms with Crippen LogP contribution in [-0.4, -0.2) is 18.1 Å². The average Bonchev–Trinajstić information content (AvgIpc) is 2.21. The van der Waals surface area contributed by atoms with Crippen molar-refractivity contribution >= 4 is 23.7 Å². The number of amides is 1. The van der Waals surface area contributed by atoms with Crippen LogP contribution in [0.25, 0.3) is 0 Å². The maximum Gasteiger partial charge on any atom is 0.415 e. The highest BCUT2D eigenvalue weighted by atomic mass is 35.5. The second-order valence-electron chi connectivity index (χ2n) is 4.31. The molecular formula is C13H16ClNO3. The van der Waals surface area contributed by atoms with Crippen molar-refractivity contribution in [1.82, 2.24) is 5.32 Å². The van der Waals surface area contributed by atoms with E-state index in [9.17, 15) is 9.59 Å². The maximum absolute atomic E-state index is 11.5. The Labute approximate surface area is 111 Å². The quantitative estimate of drug-likeness (QED) is 0.678. The van der Waals surface area contributed by atoms with Gasteiger partial charge in [0.15, 0.2) is 0 Å². The number of carbonyl (C=O) groups excluding carboxylic acids is 2. The molecule has 1 N–H and O–H groups in total. The number of carbonyl (C=O) groups is 2. The molecule has 98 valence electrons. The molecule has 0 radical (unpaired) electrons. The summed E-state index contributed by atoms with van der Waals surface area (Å²) in [6, 6.07) is 5.19. The summed E-state index contributed by atoms with van der Waals surface area (Å²) in [5.74, 6) is -0.599. The molecule has 0 atom stereocenters. The number of esters is 1. The standard InChI is InChI=1S/C13H16ClNO3/c1-8(2)15-13(17)18-12(16)7-10-6-11(14)5-4-9(10)3/h4-6,8H,7H2,1-3H3,(H,15,17). The van der Waals surface area contributed by atoms with Gasteiger partial charge in [0.25, 0.3) is 0 Å². The highest BCUT2D eigenvalue weighted by Crippen LogP contribution is 2.16. The first-order valence-corrected chi connectivity index (χ1v) is 6.02. The van der Waals surface area contributed by atoms with Gasteiger partial charge in [-0.05, 0) is 44.0 Å². The number of ether oxygens (including phenoxy) is 1. The Kier molecular flexibility index (Phi) is 5.16. The van der Waals surface area contributed by atoms with Crippen molar-refractivity contribution in [1.29, 1.82) is 0 Å². The summed E-state index contributed by atoms with van der Waals surface area (Å²) in [4.78, 5) is 22.8. The van der Waals surface area contributed by atoms with Crippen molar-refractivity contribution < 1.29 is 14.3 Å². The molecule has 1 rings (SSSR count). The molecule has 0 unspecified atom stereocenters. The lowest BCUT2D eigenvalue weighted by molar-refractivity contribution is -0.136. The van der Waals surface area contributed by atoms with Crippen molar-refractivity contribution in [3.05, 3.63) is 34.3 Å². The topological polar surface area (TPSA) is 55.4 Å². The summed E-state index contributed by atoms with van der Waals surface area (Å²) in [5, 5.41) is 3.03. The lowest BCUT2D eigenvalue weighted by Gasteiger charge is -2.09. The molecule has 0 fully saturated rings. The molecule has 1 aromatic carbocycles. The van der Waals surface area contributed by atoms with Gasteiger partial charge in [-0.25, -0.2) is 4.79 Å². The van der Waals surface area contributed by atoms with Gasteiger partial charge in [-0.2, -0.15) is 0 Å². The molecule has 18 heavy (non-hydrogen) atoms. The molecule has 4 nitrogen and oxygen atoms in total. The Hall–Kier alpha value is -1.55. The molecule has 0 saturated carbocycles. The largest absolute Gasteiger partial charge is 0.415 e. The third-order valence-corrected chi connectivity index (χ3v) is 2.49. The number of halogens is 1. The Morgan fingerprint density at radius 2 is 2.06 bits per heavy atom. The third-order valence-electron chi connectivity index (χ3n) is 2.26. The number of nitrogens with one attached hydrogen (secondary N) is 1. The van der Waals surface area contributed by atoms with Crippen LogP contribution >= 0.6 is 11.6 Å². The minimum Gasteiger partial charge on any atom is -0.376 e. The molecule has 0 saturated heterocycles. The average molecular weight is 270 g/mol. The van der Waals surface area contributed by atoms with E-state index in [1.807, 2.05) is 13.0 Å². The second-order valence-corrected chi connectivity index (χ2v) is 4.74. The molecule has 0 aliphatic carbocycles. The van der Waals surface area contributed by atoms with Gasteiger partial charge in [0.2, 0.25) is 0 Å². The Morgan fingerprint density at radius 3 is 2.67 bits per heavy atom. The molecule has 0 aliphatic rings. The lowest BCUT2D eigenvalue weighted by atomic mass is 10.1. The second kappa shape index (κ2) is 6.40. The van der Waals surface area contributed by atoms with E-state index >= 15 is 0 Å². The zero-order valence-electron chi connectivity index (χ0n) is 10.6. The minimum atomic E-state index is -0.727. The van der Waals surface area contributed by atoms with Gasteiger partial charge >= 0.3 is 12.1 Å². The normalized spacial score (nSPS) is 10.3. The van der Waals surface area contributed by atoms with Crippen molar-refractivity contribution in [3.8, 4) is 0 Å². The summed E-state index contributed by atoms with van der Waals surface area (Å²) >= 11 is 5.84. The fourth-order valence-electron chi connectivity index (χ4n) is 1.39. The Balaban J connectivity index is 2.59. The van der Waals surface area contributed by atoms with E-state index in [4.69, 9.17) is 11.6 Å². The Morgan fingerprint density at radius 1 is 1.39 bits per heavy atom. The minimum absolute atomic E-state index is 0.0257. The van der Waals surface area contributed by atoms with E-state index < -0.39 is 12.1 Å². The molecule has 5 heteroatoms. The predicted octanol–water partition coefficient (Wildman–Crippen LogP) is 2.85. The van der Waals surface area contributed by atoms with Crippen molar-refractivity contribution in [2.75, 3.05) is 0 Å². The van der Waals surface area contributed by atoms with Gasteiger partial charge < -0.3 is 10.1 Å². The number of alkyl carbamates (subject to hydrolysis) is 1. The molecule has 0 spiro atoms. The summed E-state index contributed by atoms with van der Waals surface area (Å²) < 4.78 is 4.63. The number of rotatable bonds is 3. The van der Waals surface area contributed by atoms with E-state index in [0.29, 0.717) is 5.02 Å². The predicted molar refractivity (Wildman–Crippen MR) is 69.7 cm³/mol. The van der Waals surface area contributed by atoms with Crippen molar-refractivity contribution in [2.24, 2.45) is 0 Å². The monoisotopic (exact) mass is 269 g/mol. The lowest BCUT2D eigenvalue weighted by Crippen LogP contribution is -2.32. The van der Waals surface area contributed by atoms with Crippen LogP contribution in [0.4, 0.5) is 4.79 Å². The molecule has 0 heterocycles. The molecule has 0 bridgehead atoms. The molecule has 0 aromatic heterocycles. The first kappa shape index (κ1) is 14.5. The van der Waals surface area contributed by atoms with E-state index in [-0.39, 0.29) is 12.5 Å². The third kappa shape index (κ3) is 4.75. The van der Waals surface area contributed by atoms with Crippen LogP contribution in [0.15, 0.2) is 18.2 Å². The van der Waals surface area contributed by atoms with Crippen LogP contribution in [0.2, 0.25) is 5.02 Å². The van der Waals surface area contributed by atoms with Gasteiger partial charge in [-0.3, -0.25) is 4.79 Å². The highest BCUT2D eigenvalue weighted by Gasteiger charge is 2.13. The zero-order chi connectivity index (χ0) is 13.7. The van der Waals surface area contributed by atoms with Gasteiger partial charge in [0.1, 0.15) is 0 Å². The van der Waals surface area contributed by atoms with Crippen LogP contribution in [0.5, 0.6) is 0 Å². The maximum atomic E-state index is 11.5. The molecule has 1 aromatic rings. The van der Waals surface area contributed by atoms with Gasteiger partial charge in [-0.1, -0.05) is 17.7 Å². The number of hydrogen-bond acceptors (Lipinski definition) is 3. The first-order chi connectivity index (χ1) is 8.38. The number of benzene rings is 1. The first-order valence-electron chi connectivity index (χ1n) is 5.64. The summed E-state index contributed by atoms with van der Waals surface area (Å²) in [6.07, 6.45) is -0.701. The SMILES string of the molecule is Cc1ccc(Cl)cc1CC(=O)OC(=O)NC(C)C. The van der Waals surface area contributed by atoms with E-state index in [0.717, 1.165) is 11.1 Å². The number of aryl methyl sites for hydroxylation is 1. The molecule has 0 aliphatic heterocycles. The summed E-state index contributed by atoms with van der Waals surface area (Å²) in [6.45, 7) is 5.44. The van der Waals surface area contributed by atoms with E-state index in [1.165, 1.54) is 0 Å². The van der Waals surface area contributed by atoms with Crippen molar-refractivity contribution in [3.63, 3.8) is 0 Å². The summed E-state index contributed by atoms with van der Waals surface area (Å²) in [7, 11) is 0. The van der Waals surface area contributed by atoms with Crippen molar-refractivity contribution in [2.45, 2.75) is 33.2 Å². The van der Waals surface area contributed by atoms with Crippen LogP contribution in [-0.2, 0) is 16.0 Å². The van der Waals surface area contributed by atoms with Crippen LogP contribution < -0.4 is 5.32 Å².